The summed E-state index contributed by atoms with van der Waals surface area (Å²) in [5, 5.41) is 13.8. The molecule has 0 spiro atoms. The van der Waals surface area contributed by atoms with E-state index >= 15 is 0 Å². The van der Waals surface area contributed by atoms with Gasteiger partial charge in [0, 0.05) is 18.3 Å². The van der Waals surface area contributed by atoms with Crippen molar-refractivity contribution in [2.24, 2.45) is 0 Å². The number of carbonyl (C=O) groups excluding carboxylic acids is 1. The van der Waals surface area contributed by atoms with Gasteiger partial charge in [-0.15, -0.1) is 11.3 Å². The van der Waals surface area contributed by atoms with Crippen LogP contribution in [0.15, 0.2) is 5.38 Å². The fourth-order valence-electron chi connectivity index (χ4n) is 1.05. The number of hydrogen-bond donors (Lipinski definition) is 2. The molecule has 0 unspecified atom stereocenters. The predicted molar refractivity (Wildman–Crippen MR) is 55.8 cm³/mol. The van der Waals surface area contributed by atoms with Crippen LogP contribution in [0.3, 0.4) is 0 Å². The highest BCUT2D eigenvalue weighted by Crippen LogP contribution is 2.07. The molecule has 15 heavy (non-hydrogen) atoms. The van der Waals surface area contributed by atoms with Crippen molar-refractivity contribution in [3.63, 3.8) is 0 Å². The first-order valence-corrected chi connectivity index (χ1v) is 5.35. The molecule has 0 aromatic carbocycles. The molecule has 0 atom stereocenters. The van der Waals surface area contributed by atoms with Crippen LogP contribution in [0.1, 0.15) is 17.1 Å². The molecular weight excluding hydrogens is 216 g/mol. The van der Waals surface area contributed by atoms with E-state index < -0.39 is 18.3 Å². The molecule has 5 nitrogen and oxygen atoms in total. The monoisotopic (exact) mass is 228 g/mol. The van der Waals surface area contributed by atoms with Crippen LogP contribution < -0.4 is 5.32 Å². The fourth-order valence-corrected chi connectivity index (χ4v) is 1.70. The van der Waals surface area contributed by atoms with Crippen LogP contribution in [-0.4, -0.2) is 28.5 Å². The van der Waals surface area contributed by atoms with Crippen LogP contribution in [0.25, 0.3) is 0 Å². The maximum Gasteiger partial charge on any atom is 0.312 e. The Labute approximate surface area is 91.1 Å². The molecule has 2 N–H and O–H groups in total. The van der Waals surface area contributed by atoms with Crippen LogP contribution in [0.5, 0.6) is 0 Å². The van der Waals surface area contributed by atoms with Crippen molar-refractivity contribution >= 4 is 23.2 Å². The first kappa shape index (κ1) is 11.6. The minimum atomic E-state index is -1.11. The number of thiazole rings is 1. The quantitative estimate of drug-likeness (QED) is 0.723. The zero-order valence-electron chi connectivity index (χ0n) is 8.32. The minimum absolute atomic E-state index is 0.426. The number of aromatic nitrogens is 1. The van der Waals surface area contributed by atoms with E-state index in [0.717, 1.165) is 10.7 Å². The second kappa shape index (κ2) is 5.45. The summed E-state index contributed by atoms with van der Waals surface area (Å²) in [6.45, 7) is 2.34. The number of hydrogen-bond acceptors (Lipinski definition) is 4. The van der Waals surface area contributed by atoms with Crippen LogP contribution in [-0.2, 0) is 16.0 Å². The lowest BCUT2D eigenvalue weighted by Crippen LogP contribution is -2.27. The number of carboxylic acids is 1. The Hall–Kier alpha value is -1.43. The Bertz CT molecular complexity index is 362. The summed E-state index contributed by atoms with van der Waals surface area (Å²) in [4.78, 5) is 25.3. The summed E-state index contributed by atoms with van der Waals surface area (Å²) in [6, 6.07) is 0. The Morgan fingerprint density at radius 2 is 2.33 bits per heavy atom. The summed E-state index contributed by atoms with van der Waals surface area (Å²) < 4.78 is 0. The van der Waals surface area contributed by atoms with Crippen molar-refractivity contribution in [1.82, 2.24) is 10.3 Å². The second-order valence-corrected chi connectivity index (χ2v) is 4.09. The highest BCUT2D eigenvalue weighted by atomic mass is 32.1. The maximum absolute atomic E-state index is 10.9. The van der Waals surface area contributed by atoms with E-state index in [4.69, 9.17) is 5.11 Å². The van der Waals surface area contributed by atoms with E-state index in [0.29, 0.717) is 13.0 Å². The molecule has 6 heteroatoms. The van der Waals surface area contributed by atoms with Crippen molar-refractivity contribution in [2.45, 2.75) is 19.8 Å². The van der Waals surface area contributed by atoms with Crippen molar-refractivity contribution in [1.29, 1.82) is 0 Å². The van der Waals surface area contributed by atoms with Gasteiger partial charge in [0.05, 0.1) is 10.7 Å². The third-order valence-electron chi connectivity index (χ3n) is 1.68. The molecule has 82 valence electrons. The molecule has 1 heterocycles. The van der Waals surface area contributed by atoms with Gasteiger partial charge >= 0.3 is 5.97 Å². The molecule has 0 saturated carbocycles. The highest BCUT2D eigenvalue weighted by Gasteiger charge is 2.06. The predicted octanol–water partition coefficient (Wildman–Crippen LogP) is 0.585. The van der Waals surface area contributed by atoms with E-state index in [9.17, 15) is 9.59 Å². The van der Waals surface area contributed by atoms with Crippen LogP contribution in [0.2, 0.25) is 0 Å². The Morgan fingerprint density at radius 1 is 1.60 bits per heavy atom. The lowest BCUT2D eigenvalue weighted by atomic mass is 10.3. The Balaban J connectivity index is 2.22. The minimum Gasteiger partial charge on any atom is -0.481 e. The normalized spacial score (nSPS) is 9.93. The average Bonchev–Trinajstić information content (AvgIpc) is 2.50. The molecule has 0 radical (unpaired) electrons. The largest absolute Gasteiger partial charge is 0.481 e. The van der Waals surface area contributed by atoms with Crippen LogP contribution >= 0.6 is 11.3 Å². The topological polar surface area (TPSA) is 79.3 Å². The molecule has 0 saturated heterocycles. The molecule has 0 fully saturated rings. The lowest BCUT2D eigenvalue weighted by molar-refractivity contribution is -0.140. The standard InChI is InChI=1S/C9H12N2O3S/c1-6-11-7(5-15-6)2-3-10-8(12)4-9(13)14/h5H,2-4H2,1H3,(H,10,12)(H,13,14). The molecule has 0 aliphatic rings. The molecule has 0 bridgehead atoms. The van der Waals surface area contributed by atoms with Gasteiger partial charge in [-0.2, -0.15) is 0 Å². The smallest absolute Gasteiger partial charge is 0.312 e. The van der Waals surface area contributed by atoms with Gasteiger partial charge in [0.15, 0.2) is 0 Å². The number of carbonyl (C=O) groups is 2. The summed E-state index contributed by atoms with van der Waals surface area (Å²) >= 11 is 1.56. The van der Waals surface area contributed by atoms with Gasteiger partial charge in [-0.1, -0.05) is 0 Å². The highest BCUT2D eigenvalue weighted by molar-refractivity contribution is 7.09. The molecule has 1 amide bonds. The van der Waals surface area contributed by atoms with Crippen molar-refractivity contribution in [3.8, 4) is 0 Å². The van der Waals surface area contributed by atoms with Gasteiger partial charge in [-0.05, 0) is 6.92 Å². The summed E-state index contributed by atoms with van der Waals surface area (Å²) in [5.74, 6) is -1.58. The summed E-state index contributed by atoms with van der Waals surface area (Å²) in [6.07, 6.45) is 0.159. The third-order valence-corrected chi connectivity index (χ3v) is 2.50. The lowest BCUT2D eigenvalue weighted by Gasteiger charge is -2.00. The number of rotatable bonds is 5. The van der Waals surface area contributed by atoms with Crippen LogP contribution in [0.4, 0.5) is 0 Å². The van der Waals surface area contributed by atoms with Gasteiger partial charge < -0.3 is 10.4 Å². The van der Waals surface area contributed by atoms with E-state index in [2.05, 4.69) is 10.3 Å². The summed E-state index contributed by atoms with van der Waals surface area (Å²) in [7, 11) is 0. The van der Waals surface area contributed by atoms with Crippen molar-refractivity contribution < 1.29 is 14.7 Å². The molecule has 0 aliphatic carbocycles. The molecule has 1 aromatic rings. The number of amides is 1. The number of aliphatic carboxylic acids is 1. The van der Waals surface area contributed by atoms with Crippen molar-refractivity contribution in [3.05, 3.63) is 16.1 Å². The third kappa shape index (κ3) is 4.55. The van der Waals surface area contributed by atoms with Gasteiger partial charge in [0.2, 0.25) is 5.91 Å². The van der Waals surface area contributed by atoms with Gasteiger partial charge in [-0.25, -0.2) is 4.98 Å². The first-order valence-electron chi connectivity index (χ1n) is 4.47. The number of carboxylic acid groups (broad SMARTS) is 1. The van der Waals surface area contributed by atoms with E-state index in [1.807, 2.05) is 12.3 Å². The van der Waals surface area contributed by atoms with Gasteiger partial charge in [-0.3, -0.25) is 9.59 Å². The number of aryl methyl sites for hydroxylation is 1. The molecule has 0 aliphatic heterocycles. The molecular formula is C9H12N2O3S. The maximum atomic E-state index is 10.9. The van der Waals surface area contributed by atoms with Crippen molar-refractivity contribution in [2.75, 3.05) is 6.54 Å². The fraction of sp³-hybridized carbons (Fsp3) is 0.444. The number of nitrogens with zero attached hydrogens (tertiary/aromatic N) is 1. The second-order valence-electron chi connectivity index (χ2n) is 3.03. The average molecular weight is 228 g/mol. The van der Waals surface area contributed by atoms with E-state index in [1.165, 1.54) is 0 Å². The van der Waals surface area contributed by atoms with E-state index in [1.54, 1.807) is 11.3 Å². The zero-order chi connectivity index (χ0) is 11.3. The van der Waals surface area contributed by atoms with E-state index in [-0.39, 0.29) is 0 Å². The zero-order valence-corrected chi connectivity index (χ0v) is 9.13. The van der Waals surface area contributed by atoms with Crippen LogP contribution in [0, 0.1) is 6.92 Å². The molecule has 1 rings (SSSR count). The molecule has 1 aromatic heterocycles. The Morgan fingerprint density at radius 3 is 2.87 bits per heavy atom. The summed E-state index contributed by atoms with van der Waals surface area (Å²) in [5.41, 5.74) is 0.924. The van der Waals surface area contributed by atoms with Gasteiger partial charge in [0.25, 0.3) is 0 Å². The number of nitrogens with one attached hydrogen (secondary N) is 1. The Kier molecular flexibility index (Phi) is 4.23. The van der Waals surface area contributed by atoms with Gasteiger partial charge in [0.1, 0.15) is 6.42 Å². The first-order chi connectivity index (χ1) is 7.08. The SMILES string of the molecule is Cc1nc(CCNC(=O)CC(=O)O)cs1.